The number of benzene rings is 1. The lowest BCUT2D eigenvalue weighted by Crippen LogP contribution is -2.26. The molecule has 3 N–H and O–H groups in total. The summed E-state index contributed by atoms with van der Waals surface area (Å²) in [5.74, 6) is -3.45. The highest BCUT2D eigenvalue weighted by atomic mass is 19.1. The van der Waals surface area contributed by atoms with Crippen LogP contribution in [0.1, 0.15) is 31.7 Å². The Balaban J connectivity index is 2.87. The van der Waals surface area contributed by atoms with Crippen LogP contribution < -0.4 is 5.73 Å². The van der Waals surface area contributed by atoms with E-state index in [1.807, 2.05) is 0 Å². The van der Waals surface area contributed by atoms with E-state index in [4.69, 9.17) is 10.8 Å². The van der Waals surface area contributed by atoms with E-state index in [1.165, 1.54) is 18.2 Å². The van der Waals surface area contributed by atoms with Crippen molar-refractivity contribution >= 4 is 5.97 Å². The van der Waals surface area contributed by atoms with Gasteiger partial charge in [-0.25, -0.2) is 8.78 Å². The summed E-state index contributed by atoms with van der Waals surface area (Å²) in [5.41, 5.74) is 5.40. The normalized spacial score (nSPS) is 15.8. The van der Waals surface area contributed by atoms with E-state index in [1.54, 1.807) is 13.8 Å². The highest BCUT2D eigenvalue weighted by molar-refractivity contribution is 5.70. The first kappa shape index (κ1) is 15.6. The summed E-state index contributed by atoms with van der Waals surface area (Å²) in [4.78, 5) is 10.9. The first-order chi connectivity index (χ1) is 8.88. The molecule has 1 rings (SSSR count). The molecule has 0 aromatic heterocycles. The average molecular weight is 271 g/mol. The fourth-order valence-electron chi connectivity index (χ4n) is 2.18. The molecule has 0 spiro atoms. The molecular formula is C14H19F2NO2. The maximum Gasteiger partial charge on any atom is 0.307 e. The predicted octanol–water partition coefficient (Wildman–Crippen LogP) is 2.75. The summed E-state index contributed by atoms with van der Waals surface area (Å²) < 4.78 is 27.3. The summed E-state index contributed by atoms with van der Waals surface area (Å²) in [6.07, 6.45) is 0.292. The third-order valence-electron chi connectivity index (χ3n) is 3.60. The van der Waals surface area contributed by atoms with Crippen LogP contribution in [0, 0.1) is 23.5 Å². The Hall–Kier alpha value is -1.49. The van der Waals surface area contributed by atoms with Gasteiger partial charge in [0.2, 0.25) is 0 Å². The van der Waals surface area contributed by atoms with Crippen LogP contribution in [-0.2, 0) is 4.79 Å². The number of aliphatic carboxylic acids is 1. The zero-order chi connectivity index (χ0) is 14.6. The van der Waals surface area contributed by atoms with Gasteiger partial charge in [-0.2, -0.15) is 0 Å². The summed E-state index contributed by atoms with van der Waals surface area (Å²) in [7, 11) is 0. The Labute approximate surface area is 111 Å². The minimum Gasteiger partial charge on any atom is -0.481 e. The van der Waals surface area contributed by atoms with Crippen LogP contribution in [0.4, 0.5) is 8.78 Å². The first-order valence-electron chi connectivity index (χ1n) is 6.25. The Morgan fingerprint density at radius 1 is 1.32 bits per heavy atom. The number of halogens is 2. The Morgan fingerprint density at radius 3 is 2.26 bits per heavy atom. The second kappa shape index (κ2) is 6.61. The van der Waals surface area contributed by atoms with Crippen molar-refractivity contribution < 1.29 is 18.7 Å². The fourth-order valence-corrected chi connectivity index (χ4v) is 2.18. The van der Waals surface area contributed by atoms with Crippen molar-refractivity contribution in [1.29, 1.82) is 0 Å². The molecule has 0 heterocycles. The van der Waals surface area contributed by atoms with Crippen LogP contribution >= 0.6 is 0 Å². The Morgan fingerprint density at radius 2 is 1.84 bits per heavy atom. The van der Waals surface area contributed by atoms with Gasteiger partial charge in [0.1, 0.15) is 11.6 Å². The number of hydrogen-bond donors (Lipinski definition) is 2. The molecule has 3 atom stereocenters. The summed E-state index contributed by atoms with van der Waals surface area (Å²) >= 11 is 0. The molecule has 0 aliphatic heterocycles. The monoisotopic (exact) mass is 271 g/mol. The molecule has 0 aliphatic rings. The number of nitrogens with two attached hydrogens (primary N) is 1. The van der Waals surface area contributed by atoms with Gasteiger partial charge in [-0.15, -0.1) is 0 Å². The van der Waals surface area contributed by atoms with Gasteiger partial charge in [0.05, 0.1) is 5.92 Å². The van der Waals surface area contributed by atoms with E-state index >= 15 is 0 Å². The zero-order valence-corrected chi connectivity index (χ0v) is 11.1. The van der Waals surface area contributed by atoms with Gasteiger partial charge in [0.25, 0.3) is 0 Å². The van der Waals surface area contributed by atoms with Gasteiger partial charge in [-0.05, 0) is 30.4 Å². The van der Waals surface area contributed by atoms with E-state index < -0.39 is 29.4 Å². The van der Waals surface area contributed by atoms with Gasteiger partial charge in [-0.3, -0.25) is 4.79 Å². The average Bonchev–Trinajstić information content (AvgIpc) is 2.34. The minimum atomic E-state index is -0.976. The van der Waals surface area contributed by atoms with Crippen molar-refractivity contribution in [2.45, 2.75) is 26.2 Å². The van der Waals surface area contributed by atoms with Crippen molar-refractivity contribution in [2.75, 3.05) is 6.54 Å². The molecule has 1 aromatic carbocycles. The Bertz CT molecular complexity index is 431. The molecule has 0 radical (unpaired) electrons. The quantitative estimate of drug-likeness (QED) is 0.836. The molecule has 0 fully saturated rings. The van der Waals surface area contributed by atoms with Crippen LogP contribution in [0.5, 0.6) is 0 Å². The van der Waals surface area contributed by atoms with Gasteiger partial charge in [-0.1, -0.05) is 19.9 Å². The van der Waals surface area contributed by atoms with Crippen molar-refractivity contribution in [2.24, 2.45) is 17.6 Å². The van der Waals surface area contributed by atoms with Gasteiger partial charge < -0.3 is 10.8 Å². The number of hydrogen-bond acceptors (Lipinski definition) is 2. The summed E-state index contributed by atoms with van der Waals surface area (Å²) in [6, 6.07) is 3.73. The SMILES string of the molecule is CC(CC(CN)C(=O)O)C(C)c1c(F)cccc1F. The molecule has 3 unspecified atom stereocenters. The molecular weight excluding hydrogens is 252 g/mol. The maximum absolute atomic E-state index is 13.7. The predicted molar refractivity (Wildman–Crippen MR) is 68.7 cm³/mol. The Kier molecular flexibility index (Phi) is 5.42. The topological polar surface area (TPSA) is 63.3 Å². The van der Waals surface area contributed by atoms with Crippen LogP contribution in [-0.4, -0.2) is 17.6 Å². The molecule has 0 saturated carbocycles. The summed E-state index contributed by atoms with van der Waals surface area (Å²) in [5, 5.41) is 8.96. The lowest BCUT2D eigenvalue weighted by molar-refractivity contribution is -0.142. The van der Waals surface area contributed by atoms with Gasteiger partial charge in [0, 0.05) is 12.1 Å². The molecule has 3 nitrogen and oxygen atoms in total. The minimum absolute atomic E-state index is 0.0103. The zero-order valence-electron chi connectivity index (χ0n) is 11.1. The molecule has 0 saturated heterocycles. The molecule has 19 heavy (non-hydrogen) atoms. The standard InChI is InChI=1S/C14H19F2NO2/c1-8(6-10(7-17)14(18)19)9(2)13-11(15)4-3-5-12(13)16/h3-5,8-10H,6-7,17H2,1-2H3,(H,18,19). The number of rotatable bonds is 6. The van der Waals surface area contributed by atoms with Crippen molar-refractivity contribution in [3.63, 3.8) is 0 Å². The van der Waals surface area contributed by atoms with Crippen LogP contribution in [0.25, 0.3) is 0 Å². The van der Waals surface area contributed by atoms with Crippen molar-refractivity contribution in [3.8, 4) is 0 Å². The van der Waals surface area contributed by atoms with E-state index in [2.05, 4.69) is 0 Å². The highest BCUT2D eigenvalue weighted by Gasteiger charge is 2.26. The lowest BCUT2D eigenvalue weighted by atomic mass is 9.82. The largest absolute Gasteiger partial charge is 0.481 e. The summed E-state index contributed by atoms with van der Waals surface area (Å²) in [6.45, 7) is 3.50. The molecule has 1 aromatic rings. The molecule has 0 aliphatic carbocycles. The van der Waals surface area contributed by atoms with E-state index in [0.717, 1.165) is 0 Å². The number of carboxylic acid groups (broad SMARTS) is 1. The number of carboxylic acids is 1. The fraction of sp³-hybridized carbons (Fsp3) is 0.500. The van der Waals surface area contributed by atoms with Crippen molar-refractivity contribution in [3.05, 3.63) is 35.4 Å². The first-order valence-corrected chi connectivity index (χ1v) is 6.25. The number of carbonyl (C=O) groups is 1. The molecule has 0 amide bonds. The van der Waals surface area contributed by atoms with Crippen LogP contribution in [0.15, 0.2) is 18.2 Å². The van der Waals surface area contributed by atoms with Gasteiger partial charge in [0.15, 0.2) is 0 Å². The van der Waals surface area contributed by atoms with E-state index in [9.17, 15) is 13.6 Å². The lowest BCUT2D eigenvalue weighted by Gasteiger charge is -2.23. The molecule has 5 heteroatoms. The second-order valence-corrected chi connectivity index (χ2v) is 4.91. The molecule has 0 bridgehead atoms. The van der Waals surface area contributed by atoms with Crippen molar-refractivity contribution in [1.82, 2.24) is 0 Å². The third-order valence-corrected chi connectivity index (χ3v) is 3.60. The molecule has 106 valence electrons. The van der Waals surface area contributed by atoms with E-state index in [-0.39, 0.29) is 18.0 Å². The second-order valence-electron chi connectivity index (χ2n) is 4.91. The van der Waals surface area contributed by atoms with Crippen LogP contribution in [0.3, 0.4) is 0 Å². The van der Waals surface area contributed by atoms with Crippen LogP contribution in [0.2, 0.25) is 0 Å². The van der Waals surface area contributed by atoms with Gasteiger partial charge >= 0.3 is 5.97 Å². The third kappa shape index (κ3) is 3.73. The highest BCUT2D eigenvalue weighted by Crippen LogP contribution is 2.32. The smallest absolute Gasteiger partial charge is 0.307 e. The maximum atomic E-state index is 13.7. The van der Waals surface area contributed by atoms with E-state index in [0.29, 0.717) is 6.42 Å².